The van der Waals surface area contributed by atoms with Gasteiger partial charge in [-0.25, -0.2) is 4.98 Å². The molecule has 0 radical (unpaired) electrons. The van der Waals surface area contributed by atoms with E-state index >= 15 is 0 Å². The summed E-state index contributed by atoms with van der Waals surface area (Å²) in [7, 11) is 0. The van der Waals surface area contributed by atoms with E-state index < -0.39 is 0 Å². The van der Waals surface area contributed by atoms with Crippen LogP contribution in [0.2, 0.25) is 0 Å². The molecule has 27 heavy (non-hydrogen) atoms. The lowest BCUT2D eigenvalue weighted by Crippen LogP contribution is -2.08. The molecule has 4 rings (SSSR count). The molecule has 0 aliphatic carbocycles. The van der Waals surface area contributed by atoms with E-state index in [0.717, 1.165) is 22.4 Å². The van der Waals surface area contributed by atoms with Crippen LogP contribution in [-0.2, 0) is 4.79 Å². The van der Waals surface area contributed by atoms with Gasteiger partial charge in [-0.2, -0.15) is 4.98 Å². The second kappa shape index (κ2) is 7.25. The summed E-state index contributed by atoms with van der Waals surface area (Å²) in [5.74, 6) is 0.328. The molecule has 2 aromatic carbocycles. The van der Waals surface area contributed by atoms with E-state index in [-0.39, 0.29) is 5.91 Å². The van der Waals surface area contributed by atoms with Crippen LogP contribution in [0.5, 0.6) is 0 Å². The van der Waals surface area contributed by atoms with Crippen LogP contribution in [-0.4, -0.2) is 15.9 Å². The first-order valence-electron chi connectivity index (χ1n) is 8.56. The molecule has 0 saturated heterocycles. The predicted molar refractivity (Wildman–Crippen MR) is 106 cm³/mol. The normalized spacial score (nSPS) is 11.1. The summed E-state index contributed by atoms with van der Waals surface area (Å²) in [5, 5.41) is 2.90. The molecule has 2 heterocycles. The Kier molecular flexibility index (Phi) is 4.49. The third-order valence-electron chi connectivity index (χ3n) is 4.12. The molecule has 0 atom stereocenters. The number of aryl methyl sites for hydroxylation is 1. The van der Waals surface area contributed by atoms with Crippen LogP contribution in [0.15, 0.2) is 77.4 Å². The van der Waals surface area contributed by atoms with Crippen molar-refractivity contribution in [2.75, 3.05) is 5.32 Å². The van der Waals surface area contributed by atoms with Crippen LogP contribution in [0.4, 0.5) is 5.69 Å². The molecule has 0 unspecified atom stereocenters. The summed E-state index contributed by atoms with van der Waals surface area (Å²) in [6.45, 7) is 1.93. The molecule has 0 bridgehead atoms. The molecule has 1 amide bonds. The number of amides is 1. The summed E-state index contributed by atoms with van der Waals surface area (Å²) < 4.78 is 5.75. The molecule has 0 aliphatic rings. The molecule has 132 valence electrons. The van der Waals surface area contributed by atoms with Gasteiger partial charge in [0.2, 0.25) is 11.8 Å². The smallest absolute Gasteiger partial charge is 0.248 e. The largest absolute Gasteiger partial charge is 0.434 e. The number of aromatic nitrogens is 2. The van der Waals surface area contributed by atoms with E-state index in [1.54, 1.807) is 12.3 Å². The highest BCUT2D eigenvalue weighted by Gasteiger charge is 2.10. The lowest BCUT2D eigenvalue weighted by molar-refractivity contribution is -0.111. The SMILES string of the molecule is Cc1cc(-c2nc3ncccc3o2)ccc1NC(=O)/C=C/c1ccccc1. The highest BCUT2D eigenvalue weighted by molar-refractivity contribution is 6.02. The van der Waals surface area contributed by atoms with Crippen molar-refractivity contribution in [2.45, 2.75) is 6.92 Å². The van der Waals surface area contributed by atoms with Gasteiger partial charge in [0.1, 0.15) is 0 Å². The number of anilines is 1. The van der Waals surface area contributed by atoms with Gasteiger partial charge in [0.25, 0.3) is 0 Å². The summed E-state index contributed by atoms with van der Waals surface area (Å²) in [4.78, 5) is 20.8. The van der Waals surface area contributed by atoms with Crippen LogP contribution >= 0.6 is 0 Å². The third kappa shape index (κ3) is 3.77. The number of carbonyl (C=O) groups excluding carboxylic acids is 1. The standard InChI is InChI=1S/C22H17N3O2/c1-15-14-17(22-25-21-19(27-22)8-5-13-23-21)10-11-18(15)24-20(26)12-9-16-6-3-2-4-7-16/h2-14H,1H3,(H,24,26)/b12-9+. The lowest BCUT2D eigenvalue weighted by Gasteiger charge is -2.07. The Morgan fingerprint density at radius 1 is 1.07 bits per heavy atom. The van der Waals surface area contributed by atoms with Gasteiger partial charge in [0, 0.05) is 23.5 Å². The van der Waals surface area contributed by atoms with Crippen molar-refractivity contribution in [2.24, 2.45) is 0 Å². The first-order chi connectivity index (χ1) is 13.2. The Morgan fingerprint density at radius 3 is 2.70 bits per heavy atom. The number of benzene rings is 2. The minimum atomic E-state index is -0.180. The molecule has 0 spiro atoms. The van der Waals surface area contributed by atoms with Crippen LogP contribution < -0.4 is 5.32 Å². The fraction of sp³-hybridized carbons (Fsp3) is 0.0455. The molecular formula is C22H17N3O2. The van der Waals surface area contributed by atoms with E-state index in [9.17, 15) is 4.79 Å². The Bertz CT molecular complexity index is 1100. The lowest BCUT2D eigenvalue weighted by atomic mass is 10.1. The van der Waals surface area contributed by atoms with Gasteiger partial charge in [-0.1, -0.05) is 30.3 Å². The number of hydrogen-bond acceptors (Lipinski definition) is 4. The Hall–Kier alpha value is -3.73. The molecule has 0 fully saturated rings. The molecule has 2 aromatic heterocycles. The van der Waals surface area contributed by atoms with Crippen molar-refractivity contribution >= 4 is 28.9 Å². The highest BCUT2D eigenvalue weighted by Crippen LogP contribution is 2.26. The maximum atomic E-state index is 12.2. The van der Waals surface area contributed by atoms with Gasteiger partial charge >= 0.3 is 0 Å². The Balaban J connectivity index is 1.51. The van der Waals surface area contributed by atoms with Crippen LogP contribution in [0.3, 0.4) is 0 Å². The topological polar surface area (TPSA) is 68.0 Å². The quantitative estimate of drug-likeness (QED) is 0.531. The second-order valence-corrected chi connectivity index (χ2v) is 6.11. The highest BCUT2D eigenvalue weighted by atomic mass is 16.3. The van der Waals surface area contributed by atoms with E-state index in [1.807, 2.05) is 67.6 Å². The van der Waals surface area contributed by atoms with E-state index in [2.05, 4.69) is 15.3 Å². The van der Waals surface area contributed by atoms with Crippen LogP contribution in [0, 0.1) is 6.92 Å². The monoisotopic (exact) mass is 355 g/mol. The number of nitrogens with zero attached hydrogens (tertiary/aromatic N) is 2. The predicted octanol–water partition coefficient (Wildman–Crippen LogP) is 4.85. The molecule has 0 aliphatic heterocycles. The van der Waals surface area contributed by atoms with Gasteiger partial charge in [-0.3, -0.25) is 4.79 Å². The van der Waals surface area contributed by atoms with Crippen LogP contribution in [0.1, 0.15) is 11.1 Å². The van der Waals surface area contributed by atoms with Crippen molar-refractivity contribution in [1.29, 1.82) is 0 Å². The van der Waals surface area contributed by atoms with Crippen molar-refractivity contribution in [3.63, 3.8) is 0 Å². The summed E-state index contributed by atoms with van der Waals surface area (Å²) in [6, 6.07) is 19.0. The fourth-order valence-electron chi connectivity index (χ4n) is 2.74. The van der Waals surface area contributed by atoms with Crippen LogP contribution in [0.25, 0.3) is 28.8 Å². The average Bonchev–Trinajstić information content (AvgIpc) is 3.13. The van der Waals surface area contributed by atoms with Gasteiger partial charge in [-0.15, -0.1) is 0 Å². The molecule has 5 nitrogen and oxygen atoms in total. The molecular weight excluding hydrogens is 338 g/mol. The van der Waals surface area contributed by atoms with Crippen molar-refractivity contribution in [3.8, 4) is 11.5 Å². The van der Waals surface area contributed by atoms with Crippen molar-refractivity contribution in [1.82, 2.24) is 9.97 Å². The zero-order chi connectivity index (χ0) is 18.6. The van der Waals surface area contributed by atoms with Gasteiger partial charge in [-0.05, 0) is 54.5 Å². The zero-order valence-electron chi connectivity index (χ0n) is 14.7. The van der Waals surface area contributed by atoms with Crippen molar-refractivity contribution in [3.05, 3.63) is 84.1 Å². The summed E-state index contributed by atoms with van der Waals surface area (Å²) in [6.07, 6.45) is 4.99. The minimum absolute atomic E-state index is 0.180. The number of carbonyl (C=O) groups is 1. The molecule has 4 aromatic rings. The van der Waals surface area contributed by atoms with Gasteiger partial charge in [0.05, 0.1) is 0 Å². The second-order valence-electron chi connectivity index (χ2n) is 6.11. The summed E-state index contributed by atoms with van der Waals surface area (Å²) in [5.41, 5.74) is 4.70. The maximum Gasteiger partial charge on any atom is 0.248 e. The number of nitrogens with one attached hydrogen (secondary N) is 1. The zero-order valence-corrected chi connectivity index (χ0v) is 14.7. The Morgan fingerprint density at radius 2 is 1.93 bits per heavy atom. The van der Waals surface area contributed by atoms with E-state index in [0.29, 0.717) is 17.1 Å². The van der Waals surface area contributed by atoms with E-state index in [1.165, 1.54) is 6.08 Å². The average molecular weight is 355 g/mol. The third-order valence-corrected chi connectivity index (χ3v) is 4.12. The van der Waals surface area contributed by atoms with Crippen molar-refractivity contribution < 1.29 is 9.21 Å². The first kappa shape index (κ1) is 16.7. The number of pyridine rings is 1. The van der Waals surface area contributed by atoms with E-state index in [4.69, 9.17) is 4.42 Å². The number of rotatable bonds is 4. The molecule has 0 saturated carbocycles. The van der Waals surface area contributed by atoms with Gasteiger partial charge in [0.15, 0.2) is 11.2 Å². The number of hydrogen-bond donors (Lipinski definition) is 1. The molecule has 1 N–H and O–H groups in total. The molecule has 5 heteroatoms. The minimum Gasteiger partial charge on any atom is -0.434 e. The number of oxazole rings is 1. The first-order valence-corrected chi connectivity index (χ1v) is 8.56. The number of fused-ring (bicyclic) bond motifs is 1. The Labute approximate surface area is 156 Å². The summed E-state index contributed by atoms with van der Waals surface area (Å²) >= 11 is 0. The fourth-order valence-corrected chi connectivity index (χ4v) is 2.74. The maximum absolute atomic E-state index is 12.2. The van der Waals surface area contributed by atoms with Gasteiger partial charge < -0.3 is 9.73 Å².